The standard InChI is InChI=1S/C20H18N2O4/c1-12-7-13(2)9-15(8-12)19-22-17(20(24)26-19)10-14-3-5-16(6-4-14)25-11-18(21)23/h3-10H,11H2,1-2H3,(H2,21,23)/b17-10+. The van der Waals surface area contributed by atoms with Gasteiger partial charge in [0.1, 0.15) is 5.75 Å². The molecule has 2 aromatic carbocycles. The van der Waals surface area contributed by atoms with Gasteiger partial charge in [0.2, 0.25) is 5.90 Å². The van der Waals surface area contributed by atoms with E-state index >= 15 is 0 Å². The summed E-state index contributed by atoms with van der Waals surface area (Å²) in [6.45, 7) is 3.77. The van der Waals surface area contributed by atoms with Crippen molar-refractivity contribution < 1.29 is 19.1 Å². The molecule has 1 aliphatic heterocycles. The smallest absolute Gasteiger partial charge is 0.363 e. The summed E-state index contributed by atoms with van der Waals surface area (Å²) in [6, 6.07) is 12.8. The van der Waals surface area contributed by atoms with Crippen LogP contribution in [-0.2, 0) is 14.3 Å². The molecule has 0 unspecified atom stereocenters. The van der Waals surface area contributed by atoms with E-state index < -0.39 is 11.9 Å². The molecule has 0 radical (unpaired) electrons. The minimum atomic E-state index is -0.543. The molecular weight excluding hydrogens is 332 g/mol. The highest BCUT2D eigenvalue weighted by Gasteiger charge is 2.24. The van der Waals surface area contributed by atoms with E-state index in [2.05, 4.69) is 4.99 Å². The number of ether oxygens (including phenoxy) is 2. The van der Waals surface area contributed by atoms with Crippen molar-refractivity contribution in [1.82, 2.24) is 0 Å². The number of esters is 1. The first-order valence-electron chi connectivity index (χ1n) is 8.03. The highest BCUT2D eigenvalue weighted by molar-refractivity contribution is 6.13. The molecule has 2 aromatic rings. The molecule has 0 saturated carbocycles. The van der Waals surface area contributed by atoms with Crippen molar-refractivity contribution in [3.63, 3.8) is 0 Å². The molecule has 2 N–H and O–H groups in total. The lowest BCUT2D eigenvalue weighted by Gasteiger charge is -2.03. The summed E-state index contributed by atoms with van der Waals surface area (Å²) in [6.07, 6.45) is 1.63. The minimum absolute atomic E-state index is 0.184. The van der Waals surface area contributed by atoms with Crippen LogP contribution in [0.4, 0.5) is 0 Å². The third kappa shape index (κ3) is 4.16. The number of carbonyl (C=O) groups is 2. The summed E-state index contributed by atoms with van der Waals surface area (Å²) in [5, 5.41) is 0. The van der Waals surface area contributed by atoms with Crippen LogP contribution in [0.2, 0.25) is 0 Å². The van der Waals surface area contributed by atoms with Crippen LogP contribution in [0.25, 0.3) is 6.08 Å². The Bertz CT molecular complexity index is 907. The SMILES string of the molecule is Cc1cc(C)cc(C2=N/C(=C/c3ccc(OCC(N)=O)cc3)C(=O)O2)c1. The molecule has 1 aliphatic rings. The van der Waals surface area contributed by atoms with Crippen molar-refractivity contribution in [3.8, 4) is 5.75 Å². The number of nitrogens with zero attached hydrogens (tertiary/aromatic N) is 1. The van der Waals surface area contributed by atoms with Crippen molar-refractivity contribution in [2.75, 3.05) is 6.61 Å². The normalized spacial score (nSPS) is 14.9. The Morgan fingerprint density at radius 1 is 1.15 bits per heavy atom. The second-order valence-corrected chi connectivity index (χ2v) is 6.04. The van der Waals surface area contributed by atoms with E-state index in [9.17, 15) is 9.59 Å². The number of rotatable bonds is 5. The predicted molar refractivity (Wildman–Crippen MR) is 97.7 cm³/mol. The van der Waals surface area contributed by atoms with E-state index in [4.69, 9.17) is 15.2 Å². The highest BCUT2D eigenvalue weighted by atomic mass is 16.6. The number of aryl methyl sites for hydroxylation is 2. The van der Waals surface area contributed by atoms with E-state index in [1.807, 2.05) is 32.0 Å². The Hall–Kier alpha value is -3.41. The van der Waals surface area contributed by atoms with Crippen molar-refractivity contribution in [2.24, 2.45) is 10.7 Å². The van der Waals surface area contributed by atoms with E-state index in [0.29, 0.717) is 11.6 Å². The monoisotopic (exact) mass is 350 g/mol. The van der Waals surface area contributed by atoms with Gasteiger partial charge in [-0.05, 0) is 49.8 Å². The first-order valence-corrected chi connectivity index (χ1v) is 8.03. The van der Waals surface area contributed by atoms with Crippen LogP contribution in [0.3, 0.4) is 0 Å². The molecule has 26 heavy (non-hydrogen) atoms. The summed E-state index contributed by atoms with van der Waals surface area (Å²) in [5.41, 5.74) is 8.94. The Morgan fingerprint density at radius 3 is 2.42 bits per heavy atom. The van der Waals surface area contributed by atoms with Gasteiger partial charge in [0.05, 0.1) is 0 Å². The Labute approximate surface area is 150 Å². The quantitative estimate of drug-likeness (QED) is 0.662. The number of primary amides is 1. The topological polar surface area (TPSA) is 91.0 Å². The van der Waals surface area contributed by atoms with Crippen LogP contribution < -0.4 is 10.5 Å². The lowest BCUT2D eigenvalue weighted by Crippen LogP contribution is -2.19. The molecule has 0 saturated heterocycles. The molecule has 0 aromatic heterocycles. The fourth-order valence-corrected chi connectivity index (χ4v) is 2.60. The number of benzene rings is 2. The third-order valence-electron chi connectivity index (χ3n) is 3.65. The number of nitrogens with two attached hydrogens (primary N) is 1. The highest BCUT2D eigenvalue weighted by Crippen LogP contribution is 2.21. The summed E-state index contributed by atoms with van der Waals surface area (Å²) < 4.78 is 10.5. The number of hydrogen-bond acceptors (Lipinski definition) is 5. The van der Waals surface area contributed by atoms with E-state index in [1.54, 1.807) is 30.3 Å². The number of amides is 1. The number of hydrogen-bond donors (Lipinski definition) is 1. The largest absolute Gasteiger partial charge is 0.484 e. The third-order valence-corrected chi connectivity index (χ3v) is 3.65. The second-order valence-electron chi connectivity index (χ2n) is 6.04. The van der Waals surface area contributed by atoms with Gasteiger partial charge < -0.3 is 15.2 Å². The summed E-state index contributed by atoms with van der Waals surface area (Å²) in [4.78, 5) is 27.1. The van der Waals surface area contributed by atoms with Gasteiger partial charge in [-0.15, -0.1) is 0 Å². The van der Waals surface area contributed by atoms with Crippen LogP contribution in [0.15, 0.2) is 53.2 Å². The zero-order chi connectivity index (χ0) is 18.7. The lowest BCUT2D eigenvalue weighted by molar-refractivity contribution is -0.130. The molecule has 0 aliphatic carbocycles. The van der Waals surface area contributed by atoms with Crippen LogP contribution in [0.5, 0.6) is 5.75 Å². The van der Waals surface area contributed by atoms with Gasteiger partial charge in [-0.1, -0.05) is 29.3 Å². The van der Waals surface area contributed by atoms with Crippen molar-refractivity contribution in [2.45, 2.75) is 13.8 Å². The summed E-state index contributed by atoms with van der Waals surface area (Å²) >= 11 is 0. The van der Waals surface area contributed by atoms with Crippen LogP contribution >= 0.6 is 0 Å². The molecule has 1 amide bonds. The summed E-state index contributed by atoms with van der Waals surface area (Å²) in [5.74, 6) is -0.222. The zero-order valence-electron chi connectivity index (χ0n) is 14.5. The van der Waals surface area contributed by atoms with Gasteiger partial charge in [-0.25, -0.2) is 9.79 Å². The molecule has 6 heteroatoms. The molecule has 0 bridgehead atoms. The lowest BCUT2D eigenvalue weighted by atomic mass is 10.1. The van der Waals surface area contributed by atoms with Crippen LogP contribution in [0, 0.1) is 13.8 Å². The maximum absolute atomic E-state index is 12.1. The average molecular weight is 350 g/mol. The second kappa shape index (κ2) is 7.23. The van der Waals surface area contributed by atoms with Gasteiger partial charge in [0.15, 0.2) is 12.3 Å². The van der Waals surface area contributed by atoms with Gasteiger partial charge in [0.25, 0.3) is 5.91 Å². The Kier molecular flexibility index (Phi) is 4.84. The predicted octanol–water partition coefficient (Wildman–Crippen LogP) is 2.51. The zero-order valence-corrected chi connectivity index (χ0v) is 14.5. The average Bonchev–Trinajstić information content (AvgIpc) is 2.94. The molecule has 0 spiro atoms. The fourth-order valence-electron chi connectivity index (χ4n) is 2.60. The van der Waals surface area contributed by atoms with Gasteiger partial charge >= 0.3 is 5.97 Å². The first kappa shape index (κ1) is 17.4. The van der Waals surface area contributed by atoms with Crippen molar-refractivity contribution >= 4 is 23.9 Å². The number of carbonyl (C=O) groups excluding carboxylic acids is 2. The molecule has 0 fully saturated rings. The van der Waals surface area contributed by atoms with Gasteiger partial charge in [-0.3, -0.25) is 4.79 Å². The van der Waals surface area contributed by atoms with Crippen LogP contribution in [-0.4, -0.2) is 24.4 Å². The number of cyclic esters (lactones) is 1. The molecule has 3 rings (SSSR count). The van der Waals surface area contributed by atoms with Gasteiger partial charge in [0, 0.05) is 5.56 Å². The Morgan fingerprint density at radius 2 is 1.81 bits per heavy atom. The molecule has 6 nitrogen and oxygen atoms in total. The first-order chi connectivity index (χ1) is 12.4. The minimum Gasteiger partial charge on any atom is -0.484 e. The Balaban J connectivity index is 1.81. The molecule has 1 heterocycles. The molecular formula is C20H18N2O4. The van der Waals surface area contributed by atoms with Gasteiger partial charge in [-0.2, -0.15) is 0 Å². The van der Waals surface area contributed by atoms with E-state index in [-0.39, 0.29) is 12.3 Å². The van der Waals surface area contributed by atoms with Crippen molar-refractivity contribution in [3.05, 3.63) is 70.4 Å². The number of aliphatic imine (C=N–C) groups is 1. The van der Waals surface area contributed by atoms with E-state index in [0.717, 1.165) is 22.3 Å². The fraction of sp³-hybridized carbons (Fsp3) is 0.150. The maximum Gasteiger partial charge on any atom is 0.363 e. The van der Waals surface area contributed by atoms with E-state index in [1.165, 1.54) is 0 Å². The summed E-state index contributed by atoms with van der Waals surface area (Å²) in [7, 11) is 0. The molecule has 0 atom stereocenters. The van der Waals surface area contributed by atoms with Crippen LogP contribution in [0.1, 0.15) is 22.3 Å². The molecule has 132 valence electrons. The van der Waals surface area contributed by atoms with Crippen molar-refractivity contribution in [1.29, 1.82) is 0 Å². The maximum atomic E-state index is 12.1.